The Morgan fingerprint density at radius 3 is 2.32 bits per heavy atom. The number of nitrogens with zero attached hydrogens (tertiary/aromatic N) is 4. The molecule has 0 aliphatic rings. The molecule has 7 nitrogen and oxygen atoms in total. The molecule has 0 saturated carbocycles. The van der Waals surface area contributed by atoms with Gasteiger partial charge in [-0.2, -0.15) is 0 Å². The molecular formula is C21H22N4O3. The van der Waals surface area contributed by atoms with Gasteiger partial charge >= 0.3 is 0 Å². The van der Waals surface area contributed by atoms with Gasteiger partial charge in [0.25, 0.3) is 5.69 Å². The third-order valence-corrected chi connectivity index (χ3v) is 4.50. The first kappa shape index (κ1) is 19.2. The van der Waals surface area contributed by atoms with E-state index in [0.29, 0.717) is 5.56 Å². The second kappa shape index (κ2) is 7.56. The molecular weight excluding hydrogens is 356 g/mol. The van der Waals surface area contributed by atoms with Crippen LogP contribution in [0.4, 0.5) is 22.7 Å². The molecule has 3 rings (SSSR count). The van der Waals surface area contributed by atoms with Gasteiger partial charge < -0.3 is 14.9 Å². The number of phenols is 1. The largest absolute Gasteiger partial charge is 0.507 e. The number of nitro benzene ring substituents is 1. The van der Waals surface area contributed by atoms with E-state index in [2.05, 4.69) is 20.9 Å². The molecule has 3 aromatic rings. The van der Waals surface area contributed by atoms with Gasteiger partial charge in [0, 0.05) is 74.2 Å². The van der Waals surface area contributed by atoms with Gasteiger partial charge in [0.05, 0.1) is 10.6 Å². The summed E-state index contributed by atoms with van der Waals surface area (Å²) in [5.74, 6) is -0.0578. The average molecular weight is 378 g/mol. The summed E-state index contributed by atoms with van der Waals surface area (Å²) in [6.45, 7) is 0. The number of hydrogen-bond donors (Lipinski definition) is 1. The number of nitro groups is 1. The minimum Gasteiger partial charge on any atom is -0.507 e. The second-order valence-electron chi connectivity index (χ2n) is 6.85. The van der Waals surface area contributed by atoms with Gasteiger partial charge in [0.1, 0.15) is 5.75 Å². The molecule has 144 valence electrons. The number of non-ortho nitro benzene ring substituents is 1. The van der Waals surface area contributed by atoms with Crippen molar-refractivity contribution < 1.29 is 10.0 Å². The molecule has 0 saturated heterocycles. The van der Waals surface area contributed by atoms with E-state index in [1.165, 1.54) is 24.4 Å². The number of aromatic hydroxyl groups is 1. The van der Waals surface area contributed by atoms with Gasteiger partial charge in [0.2, 0.25) is 0 Å². The first-order chi connectivity index (χ1) is 13.3. The van der Waals surface area contributed by atoms with E-state index in [1.807, 2.05) is 52.5 Å². The highest BCUT2D eigenvalue weighted by atomic mass is 16.6. The van der Waals surface area contributed by atoms with Crippen molar-refractivity contribution >= 4 is 39.7 Å². The normalized spacial score (nSPS) is 11.1. The lowest BCUT2D eigenvalue weighted by Crippen LogP contribution is -2.13. The molecule has 0 fully saturated rings. The molecule has 0 heterocycles. The summed E-state index contributed by atoms with van der Waals surface area (Å²) >= 11 is 0. The number of fused-ring (bicyclic) bond motifs is 1. The highest BCUT2D eigenvalue weighted by Crippen LogP contribution is 2.39. The molecule has 0 aromatic heterocycles. The molecule has 0 aliphatic heterocycles. The second-order valence-corrected chi connectivity index (χ2v) is 6.85. The summed E-state index contributed by atoms with van der Waals surface area (Å²) in [6, 6.07) is 13.8. The van der Waals surface area contributed by atoms with Crippen LogP contribution >= 0.6 is 0 Å². The van der Waals surface area contributed by atoms with Crippen LogP contribution in [0.2, 0.25) is 0 Å². The number of hydrogen-bond acceptors (Lipinski definition) is 6. The topological polar surface area (TPSA) is 82.2 Å². The van der Waals surface area contributed by atoms with Crippen LogP contribution in [0.5, 0.6) is 5.75 Å². The Labute approximate surface area is 163 Å². The monoisotopic (exact) mass is 378 g/mol. The highest BCUT2D eigenvalue weighted by Gasteiger charge is 2.13. The van der Waals surface area contributed by atoms with Gasteiger partial charge in [-0.3, -0.25) is 15.1 Å². The Kier molecular flexibility index (Phi) is 5.17. The number of benzene rings is 3. The lowest BCUT2D eigenvalue weighted by Gasteiger charge is -2.22. The molecule has 28 heavy (non-hydrogen) atoms. The summed E-state index contributed by atoms with van der Waals surface area (Å²) in [4.78, 5) is 19.1. The van der Waals surface area contributed by atoms with Gasteiger partial charge in [-0.05, 0) is 24.3 Å². The van der Waals surface area contributed by atoms with Crippen LogP contribution in [-0.4, -0.2) is 44.4 Å². The molecule has 0 amide bonds. The van der Waals surface area contributed by atoms with E-state index in [-0.39, 0.29) is 11.4 Å². The Morgan fingerprint density at radius 2 is 1.68 bits per heavy atom. The van der Waals surface area contributed by atoms with Crippen molar-refractivity contribution in [1.29, 1.82) is 0 Å². The van der Waals surface area contributed by atoms with Crippen LogP contribution in [0.25, 0.3) is 10.8 Å². The third-order valence-electron chi connectivity index (χ3n) is 4.50. The number of phenolic OH excluding ortho intramolecular Hbond substituents is 1. The minimum atomic E-state index is -0.499. The predicted octanol–water partition coefficient (Wildman–Crippen LogP) is 4.34. The molecule has 0 unspecified atom stereocenters. The molecule has 0 spiro atoms. The Balaban J connectivity index is 2.16. The molecule has 0 atom stereocenters. The Morgan fingerprint density at radius 1 is 1.00 bits per heavy atom. The molecule has 0 aliphatic carbocycles. The number of anilines is 2. The standard InChI is InChI=1S/C21H22N4O3/c1-23(2)18-7-5-6-16-17(9-10-19(21(16)18)24(3)4)22-13-14-12-15(25(27)28)8-11-20(14)26/h5-13,26H,1-4H3. The van der Waals surface area contributed by atoms with Crippen molar-refractivity contribution in [2.45, 2.75) is 0 Å². The SMILES string of the molecule is CN(C)c1cccc2c(N=Cc3cc([N+](=O)[O-])ccc3O)ccc(N(C)C)c12. The van der Waals surface area contributed by atoms with Crippen molar-refractivity contribution in [3.8, 4) is 5.75 Å². The van der Waals surface area contributed by atoms with Crippen molar-refractivity contribution in [1.82, 2.24) is 0 Å². The lowest BCUT2D eigenvalue weighted by molar-refractivity contribution is -0.384. The summed E-state index contributed by atoms with van der Waals surface area (Å²) < 4.78 is 0. The highest BCUT2D eigenvalue weighted by molar-refractivity contribution is 6.09. The first-order valence-corrected chi connectivity index (χ1v) is 8.71. The summed E-state index contributed by atoms with van der Waals surface area (Å²) in [6.07, 6.45) is 1.45. The smallest absolute Gasteiger partial charge is 0.270 e. The number of rotatable bonds is 5. The van der Waals surface area contributed by atoms with E-state index in [9.17, 15) is 15.2 Å². The lowest BCUT2D eigenvalue weighted by atomic mass is 10.0. The Hall–Kier alpha value is -3.61. The fourth-order valence-electron chi connectivity index (χ4n) is 3.11. The van der Waals surface area contributed by atoms with Crippen LogP contribution in [0.15, 0.2) is 53.5 Å². The maximum absolute atomic E-state index is 11.0. The van der Waals surface area contributed by atoms with E-state index < -0.39 is 4.92 Å². The number of aliphatic imine (C=N–C) groups is 1. The fourth-order valence-corrected chi connectivity index (χ4v) is 3.11. The molecule has 0 radical (unpaired) electrons. The van der Waals surface area contributed by atoms with Gasteiger partial charge in [-0.25, -0.2) is 0 Å². The zero-order valence-corrected chi connectivity index (χ0v) is 16.2. The zero-order chi connectivity index (χ0) is 20.4. The van der Waals surface area contributed by atoms with Crippen molar-refractivity contribution in [3.05, 3.63) is 64.2 Å². The molecule has 0 bridgehead atoms. The summed E-state index contributed by atoms with van der Waals surface area (Å²) in [5.41, 5.74) is 3.05. The fraction of sp³-hybridized carbons (Fsp3) is 0.190. The van der Waals surface area contributed by atoms with E-state index in [1.54, 1.807) is 0 Å². The zero-order valence-electron chi connectivity index (χ0n) is 16.2. The summed E-state index contributed by atoms with van der Waals surface area (Å²) in [5, 5.41) is 23.0. The van der Waals surface area contributed by atoms with Gasteiger partial charge in [-0.15, -0.1) is 0 Å². The van der Waals surface area contributed by atoms with Crippen LogP contribution in [0, 0.1) is 10.1 Å². The molecule has 1 N–H and O–H groups in total. The maximum Gasteiger partial charge on any atom is 0.270 e. The van der Waals surface area contributed by atoms with E-state index in [4.69, 9.17) is 0 Å². The van der Waals surface area contributed by atoms with E-state index in [0.717, 1.165) is 27.8 Å². The van der Waals surface area contributed by atoms with E-state index >= 15 is 0 Å². The molecule has 3 aromatic carbocycles. The average Bonchev–Trinajstić information content (AvgIpc) is 2.66. The quantitative estimate of drug-likeness (QED) is 0.406. The maximum atomic E-state index is 11.0. The van der Waals surface area contributed by atoms with Crippen LogP contribution in [-0.2, 0) is 0 Å². The van der Waals surface area contributed by atoms with Gasteiger partial charge in [0.15, 0.2) is 0 Å². The van der Waals surface area contributed by atoms with Crippen LogP contribution in [0.3, 0.4) is 0 Å². The van der Waals surface area contributed by atoms with Crippen molar-refractivity contribution in [3.63, 3.8) is 0 Å². The first-order valence-electron chi connectivity index (χ1n) is 8.71. The predicted molar refractivity (Wildman–Crippen MR) is 115 cm³/mol. The van der Waals surface area contributed by atoms with Crippen LogP contribution < -0.4 is 9.80 Å². The molecule has 7 heteroatoms. The Bertz CT molecular complexity index is 1060. The van der Waals surface area contributed by atoms with Crippen LogP contribution in [0.1, 0.15) is 5.56 Å². The summed E-state index contributed by atoms with van der Waals surface area (Å²) in [7, 11) is 7.97. The minimum absolute atomic E-state index is 0.0578. The third kappa shape index (κ3) is 3.59. The van der Waals surface area contributed by atoms with Gasteiger partial charge in [-0.1, -0.05) is 12.1 Å². The van der Waals surface area contributed by atoms with Crippen molar-refractivity contribution in [2.75, 3.05) is 38.0 Å². The van der Waals surface area contributed by atoms with Crippen molar-refractivity contribution in [2.24, 2.45) is 4.99 Å².